The maximum Gasteiger partial charge on any atom is 0.303 e. The Bertz CT molecular complexity index is 149. The number of rotatable bonds is 9. The van der Waals surface area contributed by atoms with Gasteiger partial charge in [0.05, 0.1) is 6.61 Å². The van der Waals surface area contributed by atoms with E-state index in [1.165, 1.54) is 0 Å². The van der Waals surface area contributed by atoms with Crippen LogP contribution in [-0.2, 0) is 9.63 Å². The molecule has 0 amide bonds. The molecule has 0 fully saturated rings. The van der Waals surface area contributed by atoms with Crippen LogP contribution in [0.2, 0.25) is 0 Å². The topological polar surface area (TPSA) is 102 Å². The van der Waals surface area contributed by atoms with Gasteiger partial charge in [-0.05, 0) is 6.42 Å². The van der Waals surface area contributed by atoms with Gasteiger partial charge in [-0.3, -0.25) is 9.63 Å². The molecule has 0 aromatic carbocycles. The Hall–Kier alpha value is -0.690. The molecule has 5 N–H and O–H groups in total. The molecule has 0 aromatic rings. The van der Waals surface area contributed by atoms with E-state index in [2.05, 4.69) is 0 Å². The molecular weight excluding hydrogens is 186 g/mol. The molecule has 14 heavy (non-hydrogen) atoms. The fourth-order valence-electron chi connectivity index (χ4n) is 0.946. The molecular formula is C8H19N3O3. The van der Waals surface area contributed by atoms with Crippen molar-refractivity contribution in [2.75, 3.05) is 32.8 Å². The number of hydrogen-bond donors (Lipinski definition) is 3. The van der Waals surface area contributed by atoms with Crippen molar-refractivity contribution in [1.29, 1.82) is 0 Å². The zero-order valence-corrected chi connectivity index (χ0v) is 8.32. The van der Waals surface area contributed by atoms with Gasteiger partial charge >= 0.3 is 5.97 Å². The molecule has 6 heteroatoms. The molecule has 0 saturated heterocycles. The van der Waals surface area contributed by atoms with Crippen molar-refractivity contribution in [3.05, 3.63) is 0 Å². The minimum atomic E-state index is -0.808. The number of aliphatic carboxylic acids is 1. The maximum atomic E-state index is 10.2. The molecule has 0 aliphatic rings. The van der Waals surface area contributed by atoms with Gasteiger partial charge in [-0.25, -0.2) is 0 Å². The summed E-state index contributed by atoms with van der Waals surface area (Å²) in [5.74, 6) is -0.808. The van der Waals surface area contributed by atoms with E-state index in [4.69, 9.17) is 21.4 Å². The predicted molar refractivity (Wildman–Crippen MR) is 52.5 cm³/mol. The number of carbonyl (C=O) groups is 1. The smallest absolute Gasteiger partial charge is 0.303 e. The lowest BCUT2D eigenvalue weighted by Crippen LogP contribution is -2.34. The fourth-order valence-corrected chi connectivity index (χ4v) is 0.946. The highest BCUT2D eigenvalue weighted by molar-refractivity contribution is 5.66. The number of nitrogens with zero attached hydrogens (tertiary/aromatic N) is 1. The van der Waals surface area contributed by atoms with Crippen LogP contribution in [0.5, 0.6) is 0 Å². The van der Waals surface area contributed by atoms with Crippen molar-refractivity contribution in [2.45, 2.75) is 12.8 Å². The first-order valence-electron chi connectivity index (χ1n) is 4.70. The summed E-state index contributed by atoms with van der Waals surface area (Å²) < 4.78 is 0. The van der Waals surface area contributed by atoms with Gasteiger partial charge in [0.2, 0.25) is 0 Å². The molecule has 0 aliphatic heterocycles. The van der Waals surface area contributed by atoms with Crippen LogP contribution in [-0.4, -0.2) is 48.9 Å². The molecule has 0 saturated carbocycles. The second kappa shape index (κ2) is 8.89. The quantitative estimate of drug-likeness (QED) is 0.330. The van der Waals surface area contributed by atoms with Gasteiger partial charge in [0.1, 0.15) is 0 Å². The number of carboxylic acid groups (broad SMARTS) is 1. The van der Waals surface area contributed by atoms with Crippen LogP contribution in [0.1, 0.15) is 12.8 Å². The molecule has 0 rings (SSSR count). The number of hydrogen-bond acceptors (Lipinski definition) is 5. The number of carboxylic acids is 1. The zero-order chi connectivity index (χ0) is 10.8. The third-order valence-corrected chi connectivity index (χ3v) is 1.57. The summed E-state index contributed by atoms with van der Waals surface area (Å²) in [5.41, 5.74) is 10.7. The Morgan fingerprint density at radius 3 is 2.29 bits per heavy atom. The second-order valence-electron chi connectivity index (χ2n) is 2.84. The molecule has 0 aromatic heterocycles. The summed E-state index contributed by atoms with van der Waals surface area (Å²) in [6.07, 6.45) is 0.625. The Kier molecular flexibility index (Phi) is 8.45. The molecule has 6 nitrogen and oxygen atoms in total. The summed E-state index contributed by atoms with van der Waals surface area (Å²) in [6.45, 7) is 2.62. The highest BCUT2D eigenvalue weighted by Gasteiger charge is 2.03. The van der Waals surface area contributed by atoms with Crippen molar-refractivity contribution in [2.24, 2.45) is 11.5 Å². The third-order valence-electron chi connectivity index (χ3n) is 1.57. The van der Waals surface area contributed by atoms with Gasteiger partial charge in [0.15, 0.2) is 0 Å². The number of nitrogens with two attached hydrogens (primary N) is 2. The number of hydroxylamine groups is 2. The Balaban J connectivity index is 3.44. The molecule has 0 heterocycles. The van der Waals surface area contributed by atoms with Gasteiger partial charge in [0, 0.05) is 32.6 Å². The van der Waals surface area contributed by atoms with Crippen LogP contribution in [0.3, 0.4) is 0 Å². The Labute approximate surface area is 83.8 Å². The van der Waals surface area contributed by atoms with Gasteiger partial charge in [-0.15, -0.1) is 0 Å². The summed E-state index contributed by atoms with van der Waals surface area (Å²) >= 11 is 0. The van der Waals surface area contributed by atoms with Crippen LogP contribution in [0, 0.1) is 0 Å². The minimum absolute atomic E-state index is 0.124. The van der Waals surface area contributed by atoms with E-state index in [0.717, 1.165) is 0 Å². The summed E-state index contributed by atoms with van der Waals surface area (Å²) in [5, 5.41) is 10.0. The van der Waals surface area contributed by atoms with Gasteiger partial charge in [0.25, 0.3) is 0 Å². The monoisotopic (exact) mass is 205 g/mol. The standard InChI is InChI=1S/C8H19N3O3/c9-3-5-11(6-4-10)14-7-1-2-8(12)13/h1-7,9-10H2,(H,12,13). The molecule has 0 radical (unpaired) electrons. The van der Waals surface area contributed by atoms with Crippen LogP contribution in [0.4, 0.5) is 0 Å². The average molecular weight is 205 g/mol. The van der Waals surface area contributed by atoms with Crippen LogP contribution < -0.4 is 11.5 Å². The van der Waals surface area contributed by atoms with E-state index < -0.39 is 5.97 Å². The van der Waals surface area contributed by atoms with Crippen molar-refractivity contribution in [1.82, 2.24) is 5.06 Å². The van der Waals surface area contributed by atoms with Gasteiger partial charge in [-0.1, -0.05) is 0 Å². The molecule has 0 atom stereocenters. The summed E-state index contributed by atoms with van der Waals surface area (Å²) in [7, 11) is 0. The Morgan fingerprint density at radius 1 is 1.29 bits per heavy atom. The lowest BCUT2D eigenvalue weighted by atomic mass is 10.3. The van der Waals surface area contributed by atoms with E-state index >= 15 is 0 Å². The second-order valence-corrected chi connectivity index (χ2v) is 2.84. The maximum absolute atomic E-state index is 10.2. The van der Waals surface area contributed by atoms with Gasteiger partial charge in [-0.2, -0.15) is 5.06 Å². The van der Waals surface area contributed by atoms with Crippen molar-refractivity contribution >= 4 is 5.97 Å². The first-order chi connectivity index (χ1) is 6.70. The van der Waals surface area contributed by atoms with E-state index in [9.17, 15) is 4.79 Å². The van der Waals surface area contributed by atoms with E-state index in [1.807, 2.05) is 0 Å². The SMILES string of the molecule is NCCN(CCN)OCCCC(=O)O. The lowest BCUT2D eigenvalue weighted by Gasteiger charge is -2.19. The normalized spacial score (nSPS) is 10.8. The lowest BCUT2D eigenvalue weighted by molar-refractivity contribution is -0.158. The van der Waals surface area contributed by atoms with Crippen molar-refractivity contribution in [3.63, 3.8) is 0 Å². The first kappa shape index (κ1) is 13.3. The molecule has 0 spiro atoms. The van der Waals surface area contributed by atoms with Gasteiger partial charge < -0.3 is 16.6 Å². The summed E-state index contributed by atoms with van der Waals surface area (Å²) in [4.78, 5) is 15.5. The fraction of sp³-hybridized carbons (Fsp3) is 0.875. The first-order valence-corrected chi connectivity index (χ1v) is 4.70. The Morgan fingerprint density at radius 2 is 1.86 bits per heavy atom. The van der Waals surface area contributed by atoms with Crippen molar-refractivity contribution in [3.8, 4) is 0 Å². The minimum Gasteiger partial charge on any atom is -0.481 e. The largest absolute Gasteiger partial charge is 0.481 e. The van der Waals surface area contributed by atoms with Crippen molar-refractivity contribution < 1.29 is 14.7 Å². The van der Waals surface area contributed by atoms with E-state index in [-0.39, 0.29) is 6.42 Å². The molecule has 0 unspecified atom stereocenters. The predicted octanol–water partition coefficient (Wildman–Crippen LogP) is -0.998. The van der Waals surface area contributed by atoms with E-state index in [1.54, 1.807) is 5.06 Å². The molecule has 0 bridgehead atoms. The highest BCUT2D eigenvalue weighted by atomic mass is 16.7. The van der Waals surface area contributed by atoms with Crippen LogP contribution in [0.25, 0.3) is 0 Å². The molecule has 0 aliphatic carbocycles. The van der Waals surface area contributed by atoms with E-state index in [0.29, 0.717) is 39.2 Å². The summed E-state index contributed by atoms with van der Waals surface area (Å²) in [6, 6.07) is 0. The highest BCUT2D eigenvalue weighted by Crippen LogP contribution is 1.94. The van der Waals surface area contributed by atoms with Crippen LogP contribution >= 0.6 is 0 Å². The third kappa shape index (κ3) is 7.93. The zero-order valence-electron chi connectivity index (χ0n) is 8.32. The van der Waals surface area contributed by atoms with Crippen LogP contribution in [0.15, 0.2) is 0 Å². The molecule has 84 valence electrons. The average Bonchev–Trinajstić information content (AvgIpc) is 2.12.